The van der Waals surface area contributed by atoms with Gasteiger partial charge in [-0.2, -0.15) is 0 Å². The number of rotatable bonds is 10. The topological polar surface area (TPSA) is 18.5 Å². The van der Waals surface area contributed by atoms with E-state index in [1.54, 1.807) is 14.2 Å². The lowest BCUT2D eigenvalue weighted by molar-refractivity contribution is 0.354. The second kappa shape index (κ2) is 10.6. The Bertz CT molecular complexity index is 598. The Morgan fingerprint density at radius 3 is 2.25 bits per heavy atom. The standard InChI is InChI=1S/C21H27IO2/c1-23-20-15-13-18(16-21(20)24-2)10-6-7-11-19(22)14-12-17-8-4-3-5-9-17/h3-5,8-9,13,15-16,19H,6-7,10-12,14H2,1-2H3. The minimum absolute atomic E-state index is 0.758. The molecular weight excluding hydrogens is 411 g/mol. The van der Waals surface area contributed by atoms with Crippen molar-refractivity contribution in [3.63, 3.8) is 0 Å². The zero-order valence-corrected chi connectivity index (χ0v) is 16.8. The van der Waals surface area contributed by atoms with Crippen LogP contribution >= 0.6 is 22.6 Å². The first-order chi connectivity index (χ1) is 11.7. The molecule has 1 unspecified atom stereocenters. The highest BCUT2D eigenvalue weighted by Crippen LogP contribution is 2.28. The minimum atomic E-state index is 0.758. The molecule has 0 N–H and O–H groups in total. The molecule has 0 aromatic heterocycles. The van der Waals surface area contributed by atoms with E-state index in [1.807, 2.05) is 6.07 Å². The Labute approximate surface area is 159 Å². The number of halogens is 1. The quantitative estimate of drug-likeness (QED) is 0.263. The molecule has 1 atom stereocenters. The van der Waals surface area contributed by atoms with Gasteiger partial charge in [-0.1, -0.05) is 65.4 Å². The van der Waals surface area contributed by atoms with E-state index in [9.17, 15) is 0 Å². The number of aryl methyl sites for hydroxylation is 2. The summed E-state index contributed by atoms with van der Waals surface area (Å²) >= 11 is 2.61. The monoisotopic (exact) mass is 438 g/mol. The average molecular weight is 438 g/mol. The van der Waals surface area contributed by atoms with Crippen LogP contribution in [-0.2, 0) is 12.8 Å². The lowest BCUT2D eigenvalue weighted by Gasteiger charge is -2.11. The van der Waals surface area contributed by atoms with Crippen molar-refractivity contribution in [2.45, 2.75) is 42.4 Å². The van der Waals surface area contributed by atoms with Crippen molar-refractivity contribution in [1.29, 1.82) is 0 Å². The molecule has 0 aliphatic heterocycles. The van der Waals surface area contributed by atoms with Crippen LogP contribution in [0.25, 0.3) is 0 Å². The Hall–Kier alpha value is -1.23. The number of unbranched alkanes of at least 4 members (excludes halogenated alkanes) is 1. The van der Waals surface area contributed by atoms with Gasteiger partial charge in [-0.3, -0.25) is 0 Å². The van der Waals surface area contributed by atoms with Gasteiger partial charge >= 0.3 is 0 Å². The van der Waals surface area contributed by atoms with Crippen molar-refractivity contribution >= 4 is 22.6 Å². The lowest BCUT2D eigenvalue weighted by Crippen LogP contribution is -2.00. The van der Waals surface area contributed by atoms with E-state index < -0.39 is 0 Å². The minimum Gasteiger partial charge on any atom is -0.493 e. The first kappa shape index (κ1) is 19.1. The number of hydrogen-bond donors (Lipinski definition) is 0. The predicted molar refractivity (Wildman–Crippen MR) is 110 cm³/mol. The van der Waals surface area contributed by atoms with E-state index in [-0.39, 0.29) is 0 Å². The molecule has 0 saturated carbocycles. The normalized spacial score (nSPS) is 12.0. The molecule has 0 saturated heterocycles. The molecule has 0 radical (unpaired) electrons. The Morgan fingerprint density at radius 2 is 1.54 bits per heavy atom. The Balaban J connectivity index is 1.67. The predicted octanol–water partition coefficient (Wildman–Crippen LogP) is 5.85. The molecule has 3 heteroatoms. The smallest absolute Gasteiger partial charge is 0.160 e. The fraction of sp³-hybridized carbons (Fsp3) is 0.429. The zero-order valence-electron chi connectivity index (χ0n) is 14.6. The molecule has 0 spiro atoms. The van der Waals surface area contributed by atoms with E-state index in [0.717, 1.165) is 21.8 Å². The molecule has 24 heavy (non-hydrogen) atoms. The summed E-state index contributed by atoms with van der Waals surface area (Å²) < 4.78 is 11.4. The van der Waals surface area contributed by atoms with Crippen molar-refractivity contribution in [3.05, 3.63) is 59.7 Å². The largest absolute Gasteiger partial charge is 0.493 e. The highest BCUT2D eigenvalue weighted by Gasteiger charge is 2.07. The van der Waals surface area contributed by atoms with Gasteiger partial charge in [0.25, 0.3) is 0 Å². The van der Waals surface area contributed by atoms with Gasteiger partial charge in [0.15, 0.2) is 11.5 Å². The summed E-state index contributed by atoms with van der Waals surface area (Å²) in [4.78, 5) is 0. The SMILES string of the molecule is COc1ccc(CCCCC(I)CCc2ccccc2)cc1OC. The molecule has 0 fully saturated rings. The van der Waals surface area contributed by atoms with Gasteiger partial charge in [-0.05, 0) is 55.4 Å². The molecule has 2 rings (SSSR count). The van der Waals surface area contributed by atoms with E-state index in [1.165, 1.54) is 43.2 Å². The third-order valence-corrected chi connectivity index (χ3v) is 5.52. The summed E-state index contributed by atoms with van der Waals surface area (Å²) in [6.45, 7) is 0. The van der Waals surface area contributed by atoms with Gasteiger partial charge in [-0.25, -0.2) is 0 Å². The van der Waals surface area contributed by atoms with Gasteiger partial charge in [0.1, 0.15) is 0 Å². The molecule has 2 nitrogen and oxygen atoms in total. The molecule has 2 aromatic carbocycles. The summed E-state index contributed by atoms with van der Waals surface area (Å²) in [6.07, 6.45) is 7.34. The second-order valence-electron chi connectivity index (χ2n) is 6.06. The molecular formula is C21H27IO2. The van der Waals surface area contributed by atoms with Crippen LogP contribution in [0, 0.1) is 0 Å². The molecule has 2 aromatic rings. The van der Waals surface area contributed by atoms with Crippen LogP contribution < -0.4 is 9.47 Å². The first-order valence-electron chi connectivity index (χ1n) is 8.62. The van der Waals surface area contributed by atoms with Crippen LogP contribution in [0.5, 0.6) is 11.5 Å². The summed E-state index contributed by atoms with van der Waals surface area (Å²) in [6, 6.07) is 17.0. The van der Waals surface area contributed by atoms with Gasteiger partial charge < -0.3 is 9.47 Å². The van der Waals surface area contributed by atoms with Crippen LogP contribution in [0.2, 0.25) is 0 Å². The van der Waals surface area contributed by atoms with Gasteiger partial charge in [0, 0.05) is 3.92 Å². The lowest BCUT2D eigenvalue weighted by atomic mass is 10.0. The average Bonchev–Trinajstić information content (AvgIpc) is 2.64. The number of alkyl halides is 1. The van der Waals surface area contributed by atoms with Crippen LogP contribution in [-0.4, -0.2) is 18.1 Å². The van der Waals surface area contributed by atoms with Crippen LogP contribution in [0.4, 0.5) is 0 Å². The van der Waals surface area contributed by atoms with Crippen molar-refractivity contribution < 1.29 is 9.47 Å². The number of methoxy groups -OCH3 is 2. The summed E-state index contributed by atoms with van der Waals surface area (Å²) in [5, 5.41) is 0. The third-order valence-electron chi connectivity index (χ3n) is 4.27. The van der Waals surface area contributed by atoms with Gasteiger partial charge in [0.05, 0.1) is 14.2 Å². The maximum Gasteiger partial charge on any atom is 0.160 e. The summed E-state index contributed by atoms with van der Waals surface area (Å²) in [5.41, 5.74) is 2.77. The number of ether oxygens (including phenoxy) is 2. The summed E-state index contributed by atoms with van der Waals surface area (Å²) in [7, 11) is 3.36. The fourth-order valence-corrected chi connectivity index (χ4v) is 3.60. The van der Waals surface area contributed by atoms with Crippen LogP contribution in [0.1, 0.15) is 36.8 Å². The molecule has 0 aliphatic rings. The molecule has 0 amide bonds. The Kier molecular flexibility index (Phi) is 8.43. The summed E-state index contributed by atoms with van der Waals surface area (Å²) in [5.74, 6) is 1.62. The Morgan fingerprint density at radius 1 is 0.792 bits per heavy atom. The van der Waals surface area contributed by atoms with Crippen LogP contribution in [0.15, 0.2) is 48.5 Å². The first-order valence-corrected chi connectivity index (χ1v) is 9.86. The van der Waals surface area contributed by atoms with E-state index in [2.05, 4.69) is 65.1 Å². The molecule has 130 valence electrons. The van der Waals surface area contributed by atoms with E-state index >= 15 is 0 Å². The maximum absolute atomic E-state index is 5.37. The highest BCUT2D eigenvalue weighted by atomic mass is 127. The number of benzene rings is 2. The zero-order chi connectivity index (χ0) is 17.2. The molecule has 0 heterocycles. The van der Waals surface area contributed by atoms with Crippen molar-refractivity contribution in [2.75, 3.05) is 14.2 Å². The third kappa shape index (κ3) is 6.34. The van der Waals surface area contributed by atoms with Crippen molar-refractivity contribution in [2.24, 2.45) is 0 Å². The molecule has 0 bridgehead atoms. The van der Waals surface area contributed by atoms with E-state index in [4.69, 9.17) is 9.47 Å². The maximum atomic E-state index is 5.37. The second-order valence-corrected chi connectivity index (χ2v) is 7.82. The van der Waals surface area contributed by atoms with Crippen molar-refractivity contribution in [3.8, 4) is 11.5 Å². The fourth-order valence-electron chi connectivity index (χ4n) is 2.84. The van der Waals surface area contributed by atoms with Crippen LogP contribution in [0.3, 0.4) is 0 Å². The molecule has 0 aliphatic carbocycles. The van der Waals surface area contributed by atoms with E-state index in [0.29, 0.717) is 0 Å². The van der Waals surface area contributed by atoms with Gasteiger partial charge in [-0.15, -0.1) is 0 Å². The number of hydrogen-bond acceptors (Lipinski definition) is 2. The highest BCUT2D eigenvalue weighted by molar-refractivity contribution is 14.1. The van der Waals surface area contributed by atoms with Gasteiger partial charge in [0.2, 0.25) is 0 Å². The van der Waals surface area contributed by atoms with Crippen molar-refractivity contribution in [1.82, 2.24) is 0 Å².